The fourth-order valence-electron chi connectivity index (χ4n) is 2.61. The molecule has 1 aromatic carbocycles. The molecular formula is C18H29NO3. The highest BCUT2D eigenvalue weighted by atomic mass is 16.4. The lowest BCUT2D eigenvalue weighted by Crippen LogP contribution is -2.01. The summed E-state index contributed by atoms with van der Waals surface area (Å²) < 4.78 is 0. The molecule has 4 heteroatoms. The third kappa shape index (κ3) is 6.83. The topological polar surface area (TPSA) is 73.1 Å². The van der Waals surface area contributed by atoms with Gasteiger partial charge in [0.05, 0.1) is 5.71 Å². The van der Waals surface area contributed by atoms with E-state index in [0.717, 1.165) is 12.8 Å². The molecule has 1 aromatic rings. The molecule has 0 aromatic heterocycles. The molecule has 4 nitrogen and oxygen atoms in total. The van der Waals surface area contributed by atoms with Crippen molar-refractivity contribution in [1.29, 1.82) is 0 Å². The van der Waals surface area contributed by atoms with Crippen LogP contribution in [0, 0.1) is 0 Å². The Kier molecular flexibility index (Phi) is 9.12. The second-order valence-electron chi connectivity index (χ2n) is 5.83. The minimum atomic E-state index is -0.0521. The fraction of sp³-hybridized carbons (Fsp3) is 0.611. The van der Waals surface area contributed by atoms with Gasteiger partial charge in [-0.1, -0.05) is 63.4 Å². The van der Waals surface area contributed by atoms with Crippen molar-refractivity contribution in [3.63, 3.8) is 0 Å². The Bertz CT molecular complexity index is 458. The highest BCUT2D eigenvalue weighted by Gasteiger charge is 2.10. The fourth-order valence-corrected chi connectivity index (χ4v) is 2.61. The van der Waals surface area contributed by atoms with Crippen molar-refractivity contribution < 1.29 is 15.4 Å². The van der Waals surface area contributed by atoms with E-state index in [4.69, 9.17) is 5.21 Å². The van der Waals surface area contributed by atoms with Crippen LogP contribution in [0.1, 0.15) is 76.7 Å². The number of hydrogen-bond donors (Lipinski definition) is 3. The summed E-state index contributed by atoms with van der Waals surface area (Å²) in [4.78, 5) is 0. The van der Waals surface area contributed by atoms with Crippen LogP contribution in [-0.2, 0) is 0 Å². The maximum absolute atomic E-state index is 9.78. The van der Waals surface area contributed by atoms with E-state index < -0.39 is 0 Å². The van der Waals surface area contributed by atoms with E-state index in [2.05, 4.69) is 12.1 Å². The molecule has 0 saturated heterocycles. The van der Waals surface area contributed by atoms with Gasteiger partial charge in [0.25, 0.3) is 0 Å². The van der Waals surface area contributed by atoms with Crippen molar-refractivity contribution in [2.24, 2.45) is 5.16 Å². The van der Waals surface area contributed by atoms with Crippen LogP contribution in [0.25, 0.3) is 0 Å². The smallest absolute Gasteiger partial charge is 0.128 e. The van der Waals surface area contributed by atoms with Gasteiger partial charge in [-0.05, 0) is 25.0 Å². The first kappa shape index (κ1) is 18.3. The Morgan fingerprint density at radius 2 is 1.50 bits per heavy atom. The number of rotatable bonds is 11. The van der Waals surface area contributed by atoms with Crippen LogP contribution in [0.15, 0.2) is 23.4 Å². The largest absolute Gasteiger partial charge is 0.508 e. The molecule has 0 amide bonds. The zero-order chi connectivity index (χ0) is 16.2. The molecule has 0 aliphatic carbocycles. The Morgan fingerprint density at radius 1 is 0.909 bits per heavy atom. The Balaban J connectivity index is 2.22. The van der Waals surface area contributed by atoms with Crippen molar-refractivity contribution in [3.8, 4) is 11.5 Å². The van der Waals surface area contributed by atoms with Crippen molar-refractivity contribution >= 4 is 5.71 Å². The average Bonchev–Trinajstić information content (AvgIpc) is 2.50. The number of phenolic OH excluding ortho intramolecular Hbond substituents is 2. The molecule has 0 aliphatic heterocycles. The van der Waals surface area contributed by atoms with Gasteiger partial charge in [-0.25, -0.2) is 0 Å². The standard InChI is InChI=1S/C18H29NO3/c1-2-3-4-5-6-7-8-9-10-11-17(19-22)16-13-12-15(20)14-18(16)21/h12-14,20-22H,2-11H2,1H3/b19-17+. The maximum atomic E-state index is 9.78. The molecule has 0 aliphatic rings. The number of aromatic hydroxyl groups is 2. The maximum Gasteiger partial charge on any atom is 0.128 e. The number of nitrogens with zero attached hydrogens (tertiary/aromatic N) is 1. The van der Waals surface area contributed by atoms with Crippen LogP contribution in [0.3, 0.4) is 0 Å². The van der Waals surface area contributed by atoms with Gasteiger partial charge in [0, 0.05) is 11.6 Å². The molecule has 0 atom stereocenters. The lowest BCUT2D eigenvalue weighted by molar-refractivity contribution is 0.317. The summed E-state index contributed by atoms with van der Waals surface area (Å²) in [6.45, 7) is 2.23. The van der Waals surface area contributed by atoms with Gasteiger partial charge in [0.1, 0.15) is 11.5 Å². The van der Waals surface area contributed by atoms with Crippen LogP contribution < -0.4 is 0 Å². The zero-order valence-corrected chi connectivity index (χ0v) is 13.6. The van der Waals surface area contributed by atoms with E-state index in [1.807, 2.05) is 0 Å². The Morgan fingerprint density at radius 3 is 2.05 bits per heavy atom. The molecule has 0 heterocycles. The lowest BCUT2D eigenvalue weighted by Gasteiger charge is -2.07. The van der Waals surface area contributed by atoms with Gasteiger partial charge in [0.15, 0.2) is 0 Å². The van der Waals surface area contributed by atoms with Crippen molar-refractivity contribution in [1.82, 2.24) is 0 Å². The summed E-state index contributed by atoms with van der Waals surface area (Å²) in [5.41, 5.74) is 0.959. The Hall–Kier alpha value is -1.71. The molecule has 0 fully saturated rings. The van der Waals surface area contributed by atoms with Crippen molar-refractivity contribution in [2.75, 3.05) is 0 Å². The predicted octanol–water partition coefficient (Wildman–Crippen LogP) is 5.20. The Labute approximate surface area is 133 Å². The molecular weight excluding hydrogens is 278 g/mol. The monoisotopic (exact) mass is 307 g/mol. The number of unbranched alkanes of at least 4 members (excludes halogenated alkanes) is 8. The van der Waals surface area contributed by atoms with E-state index in [0.29, 0.717) is 17.7 Å². The summed E-state index contributed by atoms with van der Waals surface area (Å²) in [7, 11) is 0. The van der Waals surface area contributed by atoms with Crippen LogP contribution in [0.5, 0.6) is 11.5 Å². The molecule has 22 heavy (non-hydrogen) atoms. The second kappa shape index (κ2) is 10.9. The average molecular weight is 307 g/mol. The first-order valence-corrected chi connectivity index (χ1v) is 8.42. The van der Waals surface area contributed by atoms with Gasteiger partial charge in [-0.3, -0.25) is 0 Å². The predicted molar refractivity (Wildman–Crippen MR) is 89.9 cm³/mol. The molecule has 0 radical (unpaired) electrons. The molecule has 124 valence electrons. The highest BCUT2D eigenvalue weighted by Crippen LogP contribution is 2.25. The van der Waals surface area contributed by atoms with E-state index in [9.17, 15) is 10.2 Å². The van der Waals surface area contributed by atoms with Gasteiger partial charge in [0.2, 0.25) is 0 Å². The van der Waals surface area contributed by atoms with Crippen molar-refractivity contribution in [3.05, 3.63) is 23.8 Å². The van der Waals surface area contributed by atoms with Crippen LogP contribution in [0.2, 0.25) is 0 Å². The number of benzene rings is 1. The van der Waals surface area contributed by atoms with Gasteiger partial charge >= 0.3 is 0 Å². The molecule has 0 spiro atoms. The minimum Gasteiger partial charge on any atom is -0.508 e. The van der Waals surface area contributed by atoms with E-state index in [-0.39, 0.29) is 11.5 Å². The first-order chi connectivity index (χ1) is 10.7. The van der Waals surface area contributed by atoms with E-state index in [1.54, 1.807) is 6.07 Å². The van der Waals surface area contributed by atoms with Crippen LogP contribution >= 0.6 is 0 Å². The van der Waals surface area contributed by atoms with Gasteiger partial charge in [-0.15, -0.1) is 0 Å². The lowest BCUT2D eigenvalue weighted by atomic mass is 10.0. The minimum absolute atomic E-state index is 0.00149. The van der Waals surface area contributed by atoms with E-state index >= 15 is 0 Å². The second-order valence-corrected chi connectivity index (χ2v) is 5.83. The summed E-state index contributed by atoms with van der Waals surface area (Å²) in [5, 5.41) is 31.5. The molecule has 0 saturated carbocycles. The molecule has 3 N–H and O–H groups in total. The third-order valence-corrected chi connectivity index (χ3v) is 3.93. The SMILES string of the molecule is CCCCCCCCCCC/C(=N\O)c1ccc(O)cc1O. The number of phenols is 2. The summed E-state index contributed by atoms with van der Waals surface area (Å²) in [6, 6.07) is 4.32. The summed E-state index contributed by atoms with van der Waals surface area (Å²) in [5.74, 6) is -0.0506. The zero-order valence-electron chi connectivity index (χ0n) is 13.6. The highest BCUT2D eigenvalue weighted by molar-refractivity contribution is 6.02. The molecule has 1 rings (SSSR count). The molecule has 0 unspecified atom stereocenters. The van der Waals surface area contributed by atoms with Crippen molar-refractivity contribution in [2.45, 2.75) is 71.1 Å². The molecule has 0 bridgehead atoms. The summed E-state index contributed by atoms with van der Waals surface area (Å²) >= 11 is 0. The number of oxime groups is 1. The first-order valence-electron chi connectivity index (χ1n) is 8.42. The van der Waals surface area contributed by atoms with Gasteiger partial charge < -0.3 is 15.4 Å². The van der Waals surface area contributed by atoms with Crippen LogP contribution in [-0.4, -0.2) is 21.1 Å². The quantitative estimate of drug-likeness (QED) is 0.228. The van der Waals surface area contributed by atoms with Gasteiger partial charge in [-0.2, -0.15) is 0 Å². The summed E-state index contributed by atoms with van der Waals surface area (Å²) in [6.07, 6.45) is 11.7. The number of hydrogen-bond acceptors (Lipinski definition) is 4. The third-order valence-electron chi connectivity index (χ3n) is 3.93. The normalized spacial score (nSPS) is 11.8. The van der Waals surface area contributed by atoms with Crippen LogP contribution in [0.4, 0.5) is 0 Å². The van der Waals surface area contributed by atoms with E-state index in [1.165, 1.54) is 57.1 Å².